The van der Waals surface area contributed by atoms with Gasteiger partial charge in [-0.15, -0.1) is 0 Å². The predicted octanol–water partition coefficient (Wildman–Crippen LogP) is 4.17. The third-order valence-electron chi connectivity index (χ3n) is 6.22. The Bertz CT molecular complexity index is 309. The first-order valence-corrected chi connectivity index (χ1v) is 7.24. The van der Waals surface area contributed by atoms with Crippen LogP contribution in [0, 0.1) is 22.7 Å². The van der Waals surface area contributed by atoms with Crippen LogP contribution in [0.25, 0.3) is 0 Å². The maximum Gasteiger partial charge on any atom is 0.0436 e. The van der Waals surface area contributed by atoms with E-state index in [0.29, 0.717) is 17.4 Å². The minimum absolute atomic E-state index is 0.311. The molecule has 0 unspecified atom stereocenters. The van der Waals surface area contributed by atoms with Gasteiger partial charge >= 0.3 is 0 Å². The van der Waals surface area contributed by atoms with Crippen LogP contribution in [0.15, 0.2) is 12.2 Å². The Morgan fingerprint density at radius 1 is 1.35 bits per heavy atom. The van der Waals surface area contributed by atoms with Crippen molar-refractivity contribution in [3.8, 4) is 0 Å². The van der Waals surface area contributed by atoms with E-state index in [-0.39, 0.29) is 0 Å². The van der Waals surface area contributed by atoms with Gasteiger partial charge in [-0.3, -0.25) is 0 Å². The molecule has 0 amide bonds. The second-order valence-corrected chi connectivity index (χ2v) is 6.88. The molecular weight excluding hydrogens is 208 g/mol. The number of rotatable bonds is 2. The largest absolute Gasteiger partial charge is 0.396 e. The molecule has 4 atom stereocenters. The lowest BCUT2D eigenvalue weighted by molar-refractivity contribution is -0.0619. The third-order valence-corrected chi connectivity index (χ3v) is 6.22. The summed E-state index contributed by atoms with van der Waals surface area (Å²) < 4.78 is 0. The van der Waals surface area contributed by atoms with Crippen LogP contribution in [-0.4, -0.2) is 11.7 Å². The Kier molecular flexibility index (Phi) is 3.42. The fourth-order valence-corrected chi connectivity index (χ4v) is 4.63. The average molecular weight is 236 g/mol. The van der Waals surface area contributed by atoms with Crippen molar-refractivity contribution < 1.29 is 5.11 Å². The number of allylic oxidation sites excluding steroid dienone is 1. The fraction of sp³-hybridized carbons (Fsp3) is 0.875. The van der Waals surface area contributed by atoms with E-state index in [0.717, 1.165) is 18.3 Å². The van der Waals surface area contributed by atoms with Gasteiger partial charge in [0.1, 0.15) is 0 Å². The summed E-state index contributed by atoms with van der Waals surface area (Å²) in [5, 5.41) is 9.42. The standard InChI is InChI=1S/C16H28O/c1-12-6-5-7-14-15(12,3)9-8-13(2)16(14,4)10-11-17/h13-14,17H,1,5-11H2,2-4H3/t13-,14+,15-,16+/m0/s1. The van der Waals surface area contributed by atoms with Crippen molar-refractivity contribution in [2.24, 2.45) is 22.7 Å². The summed E-state index contributed by atoms with van der Waals surface area (Å²) in [6.45, 7) is 11.9. The van der Waals surface area contributed by atoms with Gasteiger partial charge in [-0.2, -0.15) is 0 Å². The summed E-state index contributed by atoms with van der Waals surface area (Å²) in [6, 6.07) is 0. The van der Waals surface area contributed by atoms with Gasteiger partial charge in [-0.1, -0.05) is 32.9 Å². The van der Waals surface area contributed by atoms with Gasteiger partial charge in [0.2, 0.25) is 0 Å². The summed E-state index contributed by atoms with van der Waals surface area (Å²) >= 11 is 0. The first-order valence-electron chi connectivity index (χ1n) is 7.24. The lowest BCUT2D eigenvalue weighted by Crippen LogP contribution is -2.50. The minimum atomic E-state index is 0.311. The normalized spacial score (nSPS) is 46.7. The molecule has 0 heterocycles. The highest BCUT2D eigenvalue weighted by atomic mass is 16.3. The average Bonchev–Trinajstić information content (AvgIpc) is 2.28. The Balaban J connectivity index is 2.34. The van der Waals surface area contributed by atoms with Gasteiger partial charge in [0.25, 0.3) is 0 Å². The molecule has 2 rings (SSSR count). The van der Waals surface area contributed by atoms with E-state index >= 15 is 0 Å². The zero-order valence-corrected chi connectivity index (χ0v) is 11.8. The van der Waals surface area contributed by atoms with Gasteiger partial charge in [-0.05, 0) is 61.2 Å². The molecule has 0 radical (unpaired) electrons. The van der Waals surface area contributed by atoms with Crippen molar-refractivity contribution >= 4 is 0 Å². The maximum atomic E-state index is 9.42. The molecule has 1 N–H and O–H groups in total. The van der Waals surface area contributed by atoms with Crippen molar-refractivity contribution in [2.75, 3.05) is 6.61 Å². The number of fused-ring (bicyclic) bond motifs is 1. The van der Waals surface area contributed by atoms with E-state index in [9.17, 15) is 5.11 Å². The number of aliphatic hydroxyl groups excluding tert-OH is 1. The molecule has 0 spiro atoms. The summed E-state index contributed by atoms with van der Waals surface area (Å²) in [7, 11) is 0. The van der Waals surface area contributed by atoms with Crippen LogP contribution < -0.4 is 0 Å². The van der Waals surface area contributed by atoms with Crippen LogP contribution in [0.3, 0.4) is 0 Å². The molecule has 0 bridgehead atoms. The van der Waals surface area contributed by atoms with Gasteiger partial charge in [0, 0.05) is 6.61 Å². The molecule has 2 aliphatic carbocycles. The quantitative estimate of drug-likeness (QED) is 0.714. The van der Waals surface area contributed by atoms with E-state index in [1.54, 1.807) is 0 Å². The van der Waals surface area contributed by atoms with E-state index in [1.165, 1.54) is 37.7 Å². The number of aliphatic hydroxyl groups is 1. The SMILES string of the molecule is C=C1CCC[C@H]2[C@](C)(CCO)[C@@H](C)CC[C@@]12C. The van der Waals surface area contributed by atoms with Crippen molar-refractivity contribution in [2.45, 2.75) is 59.3 Å². The second kappa shape index (κ2) is 4.42. The van der Waals surface area contributed by atoms with Crippen LogP contribution in [0.1, 0.15) is 59.3 Å². The first-order chi connectivity index (χ1) is 7.95. The molecule has 0 saturated heterocycles. The second-order valence-electron chi connectivity index (χ2n) is 6.88. The van der Waals surface area contributed by atoms with Crippen molar-refractivity contribution in [1.29, 1.82) is 0 Å². The van der Waals surface area contributed by atoms with Crippen molar-refractivity contribution in [3.05, 3.63) is 12.2 Å². The number of hydrogen-bond acceptors (Lipinski definition) is 1. The zero-order valence-electron chi connectivity index (χ0n) is 11.8. The Morgan fingerprint density at radius 2 is 2.06 bits per heavy atom. The molecular formula is C16H28O. The van der Waals surface area contributed by atoms with Crippen molar-refractivity contribution in [1.82, 2.24) is 0 Å². The van der Waals surface area contributed by atoms with Gasteiger partial charge in [-0.25, -0.2) is 0 Å². The highest BCUT2D eigenvalue weighted by Gasteiger charge is 2.53. The zero-order chi connectivity index (χ0) is 12.7. The Labute approximate surface area is 106 Å². The predicted molar refractivity (Wildman–Crippen MR) is 72.8 cm³/mol. The Hall–Kier alpha value is -0.300. The number of hydrogen-bond donors (Lipinski definition) is 1. The minimum Gasteiger partial charge on any atom is -0.396 e. The topological polar surface area (TPSA) is 20.2 Å². The molecule has 2 fully saturated rings. The molecule has 1 nitrogen and oxygen atoms in total. The first kappa shape index (κ1) is 13.1. The van der Waals surface area contributed by atoms with Gasteiger partial charge in [0.05, 0.1) is 0 Å². The summed E-state index contributed by atoms with van der Waals surface area (Å²) in [6.07, 6.45) is 7.41. The summed E-state index contributed by atoms with van der Waals surface area (Å²) in [4.78, 5) is 0. The van der Waals surface area contributed by atoms with Crippen molar-refractivity contribution in [3.63, 3.8) is 0 Å². The molecule has 0 aromatic rings. The van der Waals surface area contributed by atoms with Crippen LogP contribution in [0.4, 0.5) is 0 Å². The van der Waals surface area contributed by atoms with Gasteiger partial charge in [0.15, 0.2) is 0 Å². The molecule has 2 aliphatic rings. The molecule has 1 heteroatoms. The molecule has 98 valence electrons. The maximum absolute atomic E-state index is 9.42. The van der Waals surface area contributed by atoms with Crippen LogP contribution in [0.2, 0.25) is 0 Å². The van der Waals surface area contributed by atoms with E-state index < -0.39 is 0 Å². The van der Waals surface area contributed by atoms with E-state index in [1.807, 2.05) is 0 Å². The monoisotopic (exact) mass is 236 g/mol. The summed E-state index contributed by atoms with van der Waals surface area (Å²) in [5.41, 5.74) is 2.13. The summed E-state index contributed by atoms with van der Waals surface area (Å²) in [5.74, 6) is 1.46. The smallest absolute Gasteiger partial charge is 0.0436 e. The Morgan fingerprint density at radius 3 is 2.71 bits per heavy atom. The van der Waals surface area contributed by atoms with E-state index in [2.05, 4.69) is 27.4 Å². The molecule has 0 aromatic heterocycles. The van der Waals surface area contributed by atoms with Gasteiger partial charge < -0.3 is 5.11 Å². The highest BCUT2D eigenvalue weighted by molar-refractivity contribution is 5.18. The molecule has 17 heavy (non-hydrogen) atoms. The molecule has 2 saturated carbocycles. The lowest BCUT2D eigenvalue weighted by atomic mass is 9.46. The van der Waals surface area contributed by atoms with Crippen LogP contribution >= 0.6 is 0 Å². The highest BCUT2D eigenvalue weighted by Crippen LogP contribution is 2.62. The third kappa shape index (κ3) is 1.87. The lowest BCUT2D eigenvalue weighted by Gasteiger charge is -2.58. The fourth-order valence-electron chi connectivity index (χ4n) is 4.63. The van der Waals surface area contributed by atoms with Crippen LogP contribution in [0.5, 0.6) is 0 Å². The van der Waals surface area contributed by atoms with E-state index in [4.69, 9.17) is 0 Å². The molecule has 0 aromatic carbocycles. The molecule has 0 aliphatic heterocycles. The van der Waals surface area contributed by atoms with Crippen LogP contribution in [-0.2, 0) is 0 Å².